The zero-order valence-corrected chi connectivity index (χ0v) is 21.2. The van der Waals surface area contributed by atoms with E-state index in [1.807, 2.05) is 18.3 Å². The van der Waals surface area contributed by atoms with Gasteiger partial charge in [-0.05, 0) is 12.1 Å². The van der Waals surface area contributed by atoms with E-state index in [9.17, 15) is 0 Å². The number of rotatable bonds is 7. The van der Waals surface area contributed by atoms with Crippen molar-refractivity contribution < 1.29 is 14.2 Å². The number of aromatic nitrogens is 5. The third-order valence-electron chi connectivity index (χ3n) is 6.38. The molecule has 6 rings (SSSR count). The SMILES string of the molecule is Nc1ncc(-c2nc(N3CCOCC3)c3sc(-c4ccc(OCCN5CCOCC5)nc4)cc3n2)cn1. The number of anilines is 2. The Balaban J connectivity index is 1.25. The van der Waals surface area contributed by atoms with E-state index in [0.717, 1.165) is 78.0 Å². The zero-order valence-electron chi connectivity index (χ0n) is 20.4. The fraction of sp³-hybridized carbons (Fsp3) is 0.400. The van der Waals surface area contributed by atoms with E-state index in [-0.39, 0.29) is 5.95 Å². The largest absolute Gasteiger partial charge is 0.476 e. The first-order valence-electron chi connectivity index (χ1n) is 12.3. The van der Waals surface area contributed by atoms with Gasteiger partial charge in [-0.25, -0.2) is 24.9 Å². The molecule has 0 radical (unpaired) electrons. The molecule has 12 heteroatoms. The Labute approximate surface area is 218 Å². The molecule has 2 aliphatic heterocycles. The molecular weight excluding hydrogens is 492 g/mol. The molecule has 0 unspecified atom stereocenters. The van der Waals surface area contributed by atoms with Crippen molar-refractivity contribution in [1.82, 2.24) is 29.8 Å². The lowest BCUT2D eigenvalue weighted by Gasteiger charge is -2.28. The summed E-state index contributed by atoms with van der Waals surface area (Å²) in [6.45, 7) is 7.82. The summed E-state index contributed by atoms with van der Waals surface area (Å²) in [5.41, 5.74) is 8.28. The van der Waals surface area contributed by atoms with Gasteiger partial charge in [-0.15, -0.1) is 11.3 Å². The van der Waals surface area contributed by atoms with Crippen LogP contribution in [-0.4, -0.2) is 95.6 Å². The topological polar surface area (TPSA) is 125 Å². The van der Waals surface area contributed by atoms with Crippen LogP contribution in [-0.2, 0) is 9.47 Å². The first-order chi connectivity index (χ1) is 18.2. The summed E-state index contributed by atoms with van der Waals surface area (Å²) >= 11 is 1.66. The van der Waals surface area contributed by atoms with Crippen molar-refractivity contribution in [2.45, 2.75) is 0 Å². The normalized spacial score (nSPS) is 16.8. The summed E-state index contributed by atoms with van der Waals surface area (Å²) in [5.74, 6) is 2.31. The van der Waals surface area contributed by atoms with Crippen LogP contribution in [0.3, 0.4) is 0 Å². The highest BCUT2D eigenvalue weighted by molar-refractivity contribution is 7.22. The molecule has 0 spiro atoms. The molecule has 0 aliphatic carbocycles. The quantitative estimate of drug-likeness (QED) is 0.386. The lowest BCUT2D eigenvalue weighted by molar-refractivity contribution is 0.0320. The van der Waals surface area contributed by atoms with Crippen molar-refractivity contribution in [1.29, 1.82) is 0 Å². The molecule has 11 nitrogen and oxygen atoms in total. The van der Waals surface area contributed by atoms with Crippen molar-refractivity contribution >= 4 is 33.3 Å². The molecule has 192 valence electrons. The van der Waals surface area contributed by atoms with E-state index >= 15 is 0 Å². The second kappa shape index (κ2) is 10.9. The third kappa shape index (κ3) is 5.47. The molecule has 2 aliphatic rings. The minimum Gasteiger partial charge on any atom is -0.476 e. The maximum absolute atomic E-state index is 5.88. The van der Waals surface area contributed by atoms with Gasteiger partial charge in [-0.2, -0.15) is 0 Å². The molecule has 0 saturated carbocycles. The van der Waals surface area contributed by atoms with E-state index < -0.39 is 0 Å². The maximum atomic E-state index is 5.88. The highest BCUT2D eigenvalue weighted by Gasteiger charge is 2.21. The highest BCUT2D eigenvalue weighted by Crippen LogP contribution is 2.38. The number of nitrogens with zero attached hydrogens (tertiary/aromatic N) is 7. The molecule has 2 N–H and O–H groups in total. The van der Waals surface area contributed by atoms with Gasteiger partial charge in [0.25, 0.3) is 0 Å². The van der Waals surface area contributed by atoms with Gasteiger partial charge in [0.2, 0.25) is 11.8 Å². The molecule has 4 aromatic heterocycles. The number of fused-ring (bicyclic) bond motifs is 1. The Morgan fingerprint density at radius 3 is 2.35 bits per heavy atom. The predicted molar refractivity (Wildman–Crippen MR) is 142 cm³/mol. The molecule has 0 aromatic carbocycles. The van der Waals surface area contributed by atoms with E-state index in [1.165, 1.54) is 0 Å². The van der Waals surface area contributed by atoms with Crippen molar-refractivity contribution in [3.8, 4) is 27.7 Å². The summed E-state index contributed by atoms with van der Waals surface area (Å²) in [6, 6.07) is 6.05. The van der Waals surface area contributed by atoms with Crippen LogP contribution in [0.4, 0.5) is 11.8 Å². The van der Waals surface area contributed by atoms with Crippen LogP contribution >= 0.6 is 11.3 Å². The van der Waals surface area contributed by atoms with Crippen molar-refractivity contribution in [2.75, 3.05) is 76.4 Å². The number of morpholine rings is 2. The van der Waals surface area contributed by atoms with Gasteiger partial charge in [0.15, 0.2) is 11.6 Å². The fourth-order valence-electron chi connectivity index (χ4n) is 4.34. The highest BCUT2D eigenvalue weighted by atomic mass is 32.1. The number of hydrogen-bond acceptors (Lipinski definition) is 12. The lowest BCUT2D eigenvalue weighted by Crippen LogP contribution is -2.38. The van der Waals surface area contributed by atoms with Crippen molar-refractivity contribution in [3.63, 3.8) is 0 Å². The van der Waals surface area contributed by atoms with Crippen LogP contribution in [0.1, 0.15) is 0 Å². The van der Waals surface area contributed by atoms with Gasteiger partial charge < -0.3 is 24.8 Å². The number of nitrogen functional groups attached to an aromatic ring is 1. The van der Waals surface area contributed by atoms with Crippen LogP contribution in [0.15, 0.2) is 36.8 Å². The Hall–Kier alpha value is -3.45. The Kier molecular flexibility index (Phi) is 7.04. The predicted octanol–water partition coefficient (Wildman–Crippen LogP) is 2.34. The molecule has 0 atom stereocenters. The summed E-state index contributed by atoms with van der Waals surface area (Å²) in [4.78, 5) is 28.2. The Bertz CT molecular complexity index is 1340. The average molecular weight is 521 g/mol. The van der Waals surface area contributed by atoms with Crippen molar-refractivity contribution in [2.24, 2.45) is 0 Å². The average Bonchev–Trinajstić information content (AvgIpc) is 3.39. The van der Waals surface area contributed by atoms with Gasteiger partial charge in [0, 0.05) is 67.8 Å². The molecule has 0 amide bonds. The monoisotopic (exact) mass is 520 g/mol. The van der Waals surface area contributed by atoms with Gasteiger partial charge in [-0.1, -0.05) is 0 Å². The Morgan fingerprint density at radius 2 is 1.62 bits per heavy atom. The second-order valence-corrected chi connectivity index (χ2v) is 9.86. The molecule has 2 saturated heterocycles. The first-order valence-corrected chi connectivity index (χ1v) is 13.2. The van der Waals surface area contributed by atoms with Crippen LogP contribution in [0.2, 0.25) is 0 Å². The van der Waals surface area contributed by atoms with Gasteiger partial charge in [0.05, 0.1) is 42.2 Å². The van der Waals surface area contributed by atoms with Crippen LogP contribution in [0, 0.1) is 0 Å². The standard InChI is InChI=1S/C25H28N8O3S/c26-25-28-15-18(16-29-25)23-30-19-13-20(37-22(19)24(31-23)33-6-10-35-11-7-33)17-1-2-21(27-14-17)36-12-5-32-3-8-34-9-4-32/h1-2,13-16H,3-12H2,(H2,26,28,29). The number of ether oxygens (including phenoxy) is 3. The summed E-state index contributed by atoms with van der Waals surface area (Å²) in [7, 11) is 0. The molecule has 4 aromatic rings. The number of thiophene rings is 1. The second-order valence-electron chi connectivity index (χ2n) is 8.81. The molecule has 0 bridgehead atoms. The van der Waals surface area contributed by atoms with E-state index in [1.54, 1.807) is 23.7 Å². The van der Waals surface area contributed by atoms with E-state index in [0.29, 0.717) is 31.5 Å². The summed E-state index contributed by atoms with van der Waals surface area (Å²) in [5, 5.41) is 0. The smallest absolute Gasteiger partial charge is 0.219 e. The number of pyridine rings is 1. The minimum atomic E-state index is 0.220. The summed E-state index contributed by atoms with van der Waals surface area (Å²) < 4.78 is 17.9. The third-order valence-corrected chi connectivity index (χ3v) is 7.55. The van der Waals surface area contributed by atoms with Gasteiger partial charge >= 0.3 is 0 Å². The van der Waals surface area contributed by atoms with Crippen LogP contribution in [0.5, 0.6) is 5.88 Å². The van der Waals surface area contributed by atoms with Gasteiger partial charge in [0.1, 0.15) is 6.61 Å². The number of nitrogens with two attached hydrogens (primary N) is 1. The first kappa shape index (κ1) is 23.9. The zero-order chi connectivity index (χ0) is 25.0. The number of hydrogen-bond donors (Lipinski definition) is 1. The van der Waals surface area contributed by atoms with Crippen molar-refractivity contribution in [3.05, 3.63) is 36.8 Å². The van der Waals surface area contributed by atoms with E-state index in [2.05, 4.69) is 30.8 Å². The Morgan fingerprint density at radius 1 is 0.892 bits per heavy atom. The molecule has 6 heterocycles. The van der Waals surface area contributed by atoms with Crippen LogP contribution < -0.4 is 15.4 Å². The van der Waals surface area contributed by atoms with Gasteiger partial charge in [-0.3, -0.25) is 4.90 Å². The minimum absolute atomic E-state index is 0.220. The molecule has 37 heavy (non-hydrogen) atoms. The maximum Gasteiger partial charge on any atom is 0.219 e. The van der Waals surface area contributed by atoms with E-state index in [4.69, 9.17) is 29.9 Å². The summed E-state index contributed by atoms with van der Waals surface area (Å²) in [6.07, 6.45) is 5.16. The van der Waals surface area contributed by atoms with Crippen LogP contribution in [0.25, 0.3) is 32.0 Å². The lowest BCUT2D eigenvalue weighted by atomic mass is 10.2. The molecular formula is C25H28N8O3S. The fourth-order valence-corrected chi connectivity index (χ4v) is 5.45. The molecule has 2 fully saturated rings.